The highest BCUT2D eigenvalue weighted by molar-refractivity contribution is 5.95. The fraction of sp³-hybridized carbons (Fsp3) is 0.444. The van der Waals surface area contributed by atoms with Gasteiger partial charge >= 0.3 is 0 Å². The van der Waals surface area contributed by atoms with Gasteiger partial charge in [0.2, 0.25) is 0 Å². The van der Waals surface area contributed by atoms with Crippen molar-refractivity contribution in [3.63, 3.8) is 0 Å². The molecule has 2 atom stereocenters. The Hall–Kier alpha value is -1.54. The third-order valence-corrected chi connectivity index (χ3v) is 5.67. The summed E-state index contributed by atoms with van der Waals surface area (Å²) in [5, 5.41) is 1.37. The first-order chi connectivity index (χ1) is 9.42. The molecular weight excluding hydrogens is 244 g/mol. The van der Waals surface area contributed by atoms with E-state index in [9.17, 15) is 0 Å². The van der Waals surface area contributed by atoms with Gasteiger partial charge in [0.1, 0.15) is 5.54 Å². The smallest absolute Gasteiger partial charge is 0.140 e. The molecule has 2 heteroatoms. The van der Waals surface area contributed by atoms with Crippen LogP contribution in [-0.2, 0) is 6.54 Å². The third-order valence-electron chi connectivity index (χ3n) is 5.67. The van der Waals surface area contributed by atoms with Crippen LogP contribution in [0.4, 0.5) is 0 Å². The zero-order valence-electron chi connectivity index (χ0n) is 12.9. The van der Waals surface area contributed by atoms with Crippen LogP contribution in [0.3, 0.4) is 0 Å². The van der Waals surface area contributed by atoms with Crippen molar-refractivity contribution in [2.24, 2.45) is 5.92 Å². The third kappa shape index (κ3) is 1.33. The summed E-state index contributed by atoms with van der Waals surface area (Å²) < 4.78 is 3.52. The van der Waals surface area contributed by atoms with E-state index in [4.69, 9.17) is 0 Å². The number of aromatic nitrogens is 1. The van der Waals surface area contributed by atoms with Crippen molar-refractivity contribution in [1.29, 1.82) is 0 Å². The van der Waals surface area contributed by atoms with Gasteiger partial charge in [-0.1, -0.05) is 31.2 Å². The molecule has 3 heterocycles. The van der Waals surface area contributed by atoms with E-state index in [-0.39, 0.29) is 5.54 Å². The van der Waals surface area contributed by atoms with E-state index in [2.05, 4.69) is 69.0 Å². The molecule has 4 rings (SSSR count). The summed E-state index contributed by atoms with van der Waals surface area (Å²) in [6.45, 7) is 7.08. The maximum Gasteiger partial charge on any atom is 0.140 e. The topological polar surface area (TPSA) is 4.93 Å². The van der Waals surface area contributed by atoms with Crippen molar-refractivity contribution in [3.8, 4) is 0 Å². The fourth-order valence-corrected chi connectivity index (χ4v) is 4.36. The number of fused-ring (bicyclic) bond motifs is 2. The molecule has 0 amide bonds. The van der Waals surface area contributed by atoms with Crippen molar-refractivity contribution < 1.29 is 4.48 Å². The molecule has 0 radical (unpaired) electrons. The average Bonchev–Trinajstić information content (AvgIpc) is 2.76. The second-order valence-corrected chi connectivity index (χ2v) is 7.39. The van der Waals surface area contributed by atoms with E-state index in [1.165, 1.54) is 23.0 Å². The molecule has 0 fully saturated rings. The molecule has 2 nitrogen and oxygen atoms in total. The van der Waals surface area contributed by atoms with Crippen LogP contribution in [0.25, 0.3) is 16.5 Å². The second-order valence-electron chi connectivity index (χ2n) is 7.39. The highest BCUT2D eigenvalue weighted by Gasteiger charge is 2.50. The molecule has 104 valence electrons. The van der Waals surface area contributed by atoms with Gasteiger partial charge in [0.15, 0.2) is 0 Å². The first kappa shape index (κ1) is 12.2. The van der Waals surface area contributed by atoms with Crippen LogP contribution in [-0.4, -0.2) is 35.2 Å². The molecule has 0 saturated carbocycles. The zero-order chi connectivity index (χ0) is 14.1. The highest BCUT2D eigenvalue weighted by Crippen LogP contribution is 2.47. The van der Waals surface area contributed by atoms with E-state index < -0.39 is 0 Å². The van der Waals surface area contributed by atoms with Gasteiger partial charge in [-0.15, -0.1) is 0 Å². The van der Waals surface area contributed by atoms with Crippen molar-refractivity contribution in [1.82, 2.24) is 4.57 Å². The quantitative estimate of drug-likeness (QED) is 0.644. The van der Waals surface area contributed by atoms with E-state index in [1.807, 2.05) is 0 Å². The SMILES string of the molecule is CC1C=C2c3cccc4ccn(c34)CC2(C)[N+](C)(C)C1. The number of nitrogens with zero attached hydrogens (tertiary/aromatic N) is 2. The first-order valence-electron chi connectivity index (χ1n) is 7.56. The van der Waals surface area contributed by atoms with Crippen molar-refractivity contribution in [3.05, 3.63) is 42.1 Å². The molecule has 0 bridgehead atoms. The van der Waals surface area contributed by atoms with Crippen molar-refractivity contribution in [2.45, 2.75) is 25.9 Å². The predicted octanol–water partition coefficient (Wildman–Crippen LogP) is 3.52. The van der Waals surface area contributed by atoms with Crippen LogP contribution in [0.15, 0.2) is 36.5 Å². The Morgan fingerprint density at radius 1 is 1.25 bits per heavy atom. The Kier molecular flexibility index (Phi) is 2.17. The summed E-state index contributed by atoms with van der Waals surface area (Å²) in [6.07, 6.45) is 4.78. The molecule has 20 heavy (non-hydrogen) atoms. The van der Waals surface area contributed by atoms with E-state index in [0.29, 0.717) is 5.92 Å². The molecule has 2 aliphatic heterocycles. The van der Waals surface area contributed by atoms with Crippen LogP contribution in [0.1, 0.15) is 19.4 Å². The lowest BCUT2D eigenvalue weighted by Crippen LogP contribution is -2.64. The van der Waals surface area contributed by atoms with Gasteiger partial charge in [0.25, 0.3) is 0 Å². The van der Waals surface area contributed by atoms with Gasteiger partial charge in [-0.2, -0.15) is 0 Å². The Morgan fingerprint density at radius 3 is 2.85 bits per heavy atom. The summed E-state index contributed by atoms with van der Waals surface area (Å²) in [5.74, 6) is 0.643. The lowest BCUT2D eigenvalue weighted by Gasteiger charge is -2.53. The summed E-state index contributed by atoms with van der Waals surface area (Å²) in [4.78, 5) is 0. The molecule has 2 aliphatic rings. The summed E-state index contributed by atoms with van der Waals surface area (Å²) in [6, 6.07) is 8.99. The molecule has 0 N–H and O–H groups in total. The normalized spacial score (nSPS) is 31.0. The second kappa shape index (κ2) is 3.56. The monoisotopic (exact) mass is 267 g/mol. The van der Waals surface area contributed by atoms with Crippen LogP contribution in [0.5, 0.6) is 0 Å². The Labute approximate surface area is 120 Å². The largest absolute Gasteiger partial charge is 0.340 e. The van der Waals surface area contributed by atoms with Crippen LogP contribution in [0.2, 0.25) is 0 Å². The first-order valence-corrected chi connectivity index (χ1v) is 7.56. The summed E-state index contributed by atoms with van der Waals surface area (Å²) in [7, 11) is 4.77. The van der Waals surface area contributed by atoms with E-state index in [1.54, 1.807) is 5.57 Å². The molecule has 2 aromatic rings. The minimum atomic E-state index is 0.173. The van der Waals surface area contributed by atoms with Crippen molar-refractivity contribution >= 4 is 16.5 Å². The van der Waals surface area contributed by atoms with E-state index >= 15 is 0 Å². The number of hydrogen-bond acceptors (Lipinski definition) is 0. The van der Waals surface area contributed by atoms with Crippen LogP contribution in [0, 0.1) is 5.92 Å². The molecule has 2 unspecified atom stereocenters. The predicted molar refractivity (Wildman–Crippen MR) is 84.5 cm³/mol. The van der Waals surface area contributed by atoms with Crippen LogP contribution < -0.4 is 0 Å². The maximum absolute atomic E-state index is 2.52. The van der Waals surface area contributed by atoms with Gasteiger partial charge in [0.05, 0.1) is 32.7 Å². The number of benzene rings is 1. The molecule has 0 saturated heterocycles. The van der Waals surface area contributed by atoms with Gasteiger partial charge < -0.3 is 9.05 Å². The minimum absolute atomic E-state index is 0.173. The summed E-state index contributed by atoms with van der Waals surface area (Å²) in [5.41, 5.74) is 4.59. The number of quaternary nitrogens is 1. The molecule has 1 aromatic carbocycles. The number of para-hydroxylation sites is 1. The van der Waals surface area contributed by atoms with Gasteiger partial charge in [0, 0.05) is 28.6 Å². The van der Waals surface area contributed by atoms with E-state index in [0.717, 1.165) is 11.0 Å². The maximum atomic E-state index is 2.52. The van der Waals surface area contributed by atoms with Crippen LogP contribution >= 0.6 is 0 Å². The van der Waals surface area contributed by atoms with Crippen molar-refractivity contribution in [2.75, 3.05) is 20.6 Å². The molecular formula is C18H23N2+. The Balaban J connectivity index is 2.08. The summed E-state index contributed by atoms with van der Waals surface area (Å²) >= 11 is 0. The highest BCUT2D eigenvalue weighted by atomic mass is 15.4. The Bertz CT molecular complexity index is 735. The van der Waals surface area contributed by atoms with Gasteiger partial charge in [-0.25, -0.2) is 0 Å². The molecule has 0 aliphatic carbocycles. The lowest BCUT2D eigenvalue weighted by molar-refractivity contribution is -0.935. The standard InChI is InChI=1S/C18H23N2/c1-13-10-16-15-7-5-6-14-8-9-19(17(14)15)12-18(16,2)20(3,4)11-13/h5-10,13H,11-12H2,1-4H3/q+1. The van der Waals surface area contributed by atoms with Gasteiger partial charge in [-0.3, -0.25) is 0 Å². The number of likely N-dealkylation sites (N-methyl/N-ethyl adjacent to an activating group) is 1. The molecule has 0 spiro atoms. The number of hydrogen-bond donors (Lipinski definition) is 0. The van der Waals surface area contributed by atoms with Gasteiger partial charge in [-0.05, 0) is 13.0 Å². The lowest BCUT2D eigenvalue weighted by atomic mass is 9.75. The Morgan fingerprint density at radius 2 is 2.05 bits per heavy atom. The fourth-order valence-electron chi connectivity index (χ4n) is 4.36. The minimum Gasteiger partial charge on any atom is -0.340 e. The average molecular weight is 267 g/mol. The zero-order valence-corrected chi connectivity index (χ0v) is 12.9. The number of rotatable bonds is 0. The molecule has 1 aromatic heterocycles.